The summed E-state index contributed by atoms with van der Waals surface area (Å²) < 4.78 is 1.76. The van der Waals surface area contributed by atoms with Crippen LogP contribution in [0.5, 0.6) is 0 Å². The molecule has 1 N–H and O–H groups in total. The van der Waals surface area contributed by atoms with Gasteiger partial charge in [0.1, 0.15) is 12.1 Å². The Morgan fingerprint density at radius 1 is 1.07 bits per heavy atom. The zero-order valence-corrected chi connectivity index (χ0v) is 16.2. The van der Waals surface area contributed by atoms with Gasteiger partial charge in [0.25, 0.3) is 0 Å². The number of piperidine rings is 1. The Balaban J connectivity index is 1.44. The molecule has 0 saturated carbocycles. The van der Waals surface area contributed by atoms with Crippen LogP contribution in [0, 0.1) is 0 Å². The van der Waals surface area contributed by atoms with Gasteiger partial charge in [-0.3, -0.25) is 9.36 Å². The number of aromatic nitrogens is 4. The topological polar surface area (TPSA) is 108 Å². The molecule has 10 nitrogen and oxygen atoms in total. The van der Waals surface area contributed by atoms with E-state index in [1.54, 1.807) is 34.4 Å². The summed E-state index contributed by atoms with van der Waals surface area (Å²) in [5.41, 5.74) is 0. The average Bonchev–Trinajstić information content (AvgIpc) is 3.29. The minimum atomic E-state index is -0.923. The molecular weight excluding hydrogens is 374 g/mol. The highest BCUT2D eigenvalue weighted by Crippen LogP contribution is 2.26. The number of hydrogen-bond acceptors (Lipinski definition) is 6. The summed E-state index contributed by atoms with van der Waals surface area (Å²) in [6.07, 6.45) is 9.45. The number of hydrogen-bond donors (Lipinski definition) is 1. The number of carbonyl (C=O) groups is 2. The van der Waals surface area contributed by atoms with Crippen LogP contribution < -0.4 is 4.90 Å². The maximum Gasteiger partial charge on any atom is 0.407 e. The second-order valence-corrected chi connectivity index (χ2v) is 7.38. The second-order valence-electron chi connectivity index (χ2n) is 7.38. The van der Waals surface area contributed by atoms with Crippen molar-refractivity contribution < 1.29 is 14.7 Å². The van der Waals surface area contributed by atoms with Gasteiger partial charge in [0.2, 0.25) is 11.9 Å². The Morgan fingerprint density at radius 2 is 1.86 bits per heavy atom. The molecule has 29 heavy (non-hydrogen) atoms. The van der Waals surface area contributed by atoms with Crippen molar-refractivity contribution in [1.29, 1.82) is 0 Å². The lowest BCUT2D eigenvalue weighted by atomic mass is 9.98. The van der Waals surface area contributed by atoms with Gasteiger partial charge in [-0.1, -0.05) is 0 Å². The minimum absolute atomic E-state index is 0.0795. The molecule has 0 aliphatic carbocycles. The van der Waals surface area contributed by atoms with Crippen LogP contribution in [0.3, 0.4) is 0 Å². The summed E-state index contributed by atoms with van der Waals surface area (Å²) in [7, 11) is 0. The van der Waals surface area contributed by atoms with Crippen LogP contribution in [0.1, 0.15) is 25.7 Å². The molecule has 1 unspecified atom stereocenters. The molecule has 0 radical (unpaired) electrons. The Bertz CT molecular complexity index is 849. The number of rotatable bonds is 4. The van der Waals surface area contributed by atoms with E-state index in [1.807, 2.05) is 6.07 Å². The summed E-state index contributed by atoms with van der Waals surface area (Å²) >= 11 is 0. The third-order valence-corrected chi connectivity index (χ3v) is 5.60. The minimum Gasteiger partial charge on any atom is -0.465 e. The van der Waals surface area contributed by atoms with E-state index in [2.05, 4.69) is 19.9 Å². The van der Waals surface area contributed by atoms with Gasteiger partial charge >= 0.3 is 6.09 Å². The number of piperazine rings is 1. The van der Waals surface area contributed by atoms with Crippen LogP contribution in [0.25, 0.3) is 5.95 Å². The maximum atomic E-state index is 12.9. The van der Waals surface area contributed by atoms with Crippen LogP contribution >= 0.6 is 0 Å². The van der Waals surface area contributed by atoms with Gasteiger partial charge < -0.3 is 19.8 Å². The Hall–Kier alpha value is -3.17. The lowest BCUT2D eigenvalue weighted by Crippen LogP contribution is -2.52. The van der Waals surface area contributed by atoms with Crippen molar-refractivity contribution >= 4 is 17.8 Å². The fourth-order valence-electron chi connectivity index (χ4n) is 3.99. The van der Waals surface area contributed by atoms with Crippen LogP contribution in [0.15, 0.2) is 31.0 Å². The van der Waals surface area contributed by atoms with E-state index in [0.717, 1.165) is 31.6 Å². The third-order valence-electron chi connectivity index (χ3n) is 5.60. The van der Waals surface area contributed by atoms with Crippen LogP contribution in [-0.4, -0.2) is 85.2 Å². The second kappa shape index (κ2) is 8.46. The van der Waals surface area contributed by atoms with Crippen LogP contribution in [-0.2, 0) is 4.79 Å². The summed E-state index contributed by atoms with van der Waals surface area (Å²) in [6, 6.07) is 1.97. The first-order valence-corrected chi connectivity index (χ1v) is 9.95. The van der Waals surface area contributed by atoms with Gasteiger partial charge in [-0.15, -0.1) is 0 Å². The summed E-state index contributed by atoms with van der Waals surface area (Å²) in [6.45, 7) is 2.50. The van der Waals surface area contributed by atoms with E-state index < -0.39 is 6.09 Å². The molecule has 2 fully saturated rings. The van der Waals surface area contributed by atoms with Gasteiger partial charge in [0.15, 0.2) is 0 Å². The monoisotopic (exact) mass is 399 g/mol. The molecule has 0 spiro atoms. The number of anilines is 1. The molecule has 2 aliphatic heterocycles. The predicted molar refractivity (Wildman–Crippen MR) is 105 cm³/mol. The average molecular weight is 399 g/mol. The highest BCUT2D eigenvalue weighted by atomic mass is 16.4. The van der Waals surface area contributed by atoms with Gasteiger partial charge in [0, 0.05) is 63.8 Å². The van der Waals surface area contributed by atoms with E-state index in [9.17, 15) is 9.59 Å². The molecule has 10 heteroatoms. The number of nitrogens with zero attached hydrogens (tertiary/aromatic N) is 7. The van der Waals surface area contributed by atoms with Gasteiger partial charge in [0.05, 0.1) is 0 Å². The molecule has 4 heterocycles. The third kappa shape index (κ3) is 4.30. The fourth-order valence-corrected chi connectivity index (χ4v) is 3.99. The summed E-state index contributed by atoms with van der Waals surface area (Å²) in [5.74, 6) is 1.45. The fraction of sp³-hybridized carbons (Fsp3) is 0.526. The molecular formula is C19H25N7O3. The highest BCUT2D eigenvalue weighted by Gasteiger charge is 2.30. The number of carboxylic acid groups (broad SMARTS) is 1. The molecule has 0 bridgehead atoms. The largest absolute Gasteiger partial charge is 0.465 e. The van der Waals surface area contributed by atoms with E-state index in [0.29, 0.717) is 38.5 Å². The first kappa shape index (κ1) is 19.2. The standard InChI is InChI=1S/C19H25N7O3/c27-17(23-9-11-24(12-10-23)19(28)29)13-15-3-1-2-7-26(15)16-4-5-21-18(22-16)25-8-6-20-14-25/h4-6,8,14-15H,1-3,7,9-13H2,(H,28,29). The van der Waals surface area contributed by atoms with Gasteiger partial charge in [-0.2, -0.15) is 4.98 Å². The molecule has 2 saturated heterocycles. The lowest BCUT2D eigenvalue weighted by Gasteiger charge is -2.38. The molecule has 154 valence electrons. The zero-order valence-electron chi connectivity index (χ0n) is 16.2. The molecule has 0 aromatic carbocycles. The lowest BCUT2D eigenvalue weighted by molar-refractivity contribution is -0.133. The van der Waals surface area contributed by atoms with Crippen molar-refractivity contribution in [3.8, 4) is 5.95 Å². The van der Waals surface area contributed by atoms with Gasteiger partial charge in [-0.05, 0) is 25.3 Å². The quantitative estimate of drug-likeness (QED) is 0.824. The SMILES string of the molecule is O=C(O)N1CCN(C(=O)CC2CCCCN2c2ccnc(-n3ccnc3)n2)CC1. The normalized spacial score (nSPS) is 20.0. The van der Waals surface area contributed by atoms with Crippen LogP contribution in [0.2, 0.25) is 0 Å². The molecule has 4 rings (SSSR count). The molecule has 1 atom stereocenters. The number of carbonyl (C=O) groups excluding carboxylic acids is 1. The van der Waals surface area contributed by atoms with Crippen LogP contribution in [0.4, 0.5) is 10.6 Å². The van der Waals surface area contributed by atoms with E-state index >= 15 is 0 Å². The van der Waals surface area contributed by atoms with Crippen molar-refractivity contribution in [2.24, 2.45) is 0 Å². The Labute approximate surface area is 168 Å². The van der Waals surface area contributed by atoms with E-state index in [-0.39, 0.29) is 11.9 Å². The van der Waals surface area contributed by atoms with Crippen molar-refractivity contribution in [2.45, 2.75) is 31.7 Å². The summed E-state index contributed by atoms with van der Waals surface area (Å²) in [4.78, 5) is 42.3. The highest BCUT2D eigenvalue weighted by molar-refractivity contribution is 5.78. The first-order valence-electron chi connectivity index (χ1n) is 9.95. The van der Waals surface area contributed by atoms with Gasteiger partial charge in [-0.25, -0.2) is 14.8 Å². The zero-order chi connectivity index (χ0) is 20.2. The smallest absolute Gasteiger partial charge is 0.407 e. The van der Waals surface area contributed by atoms with E-state index in [1.165, 1.54) is 4.90 Å². The number of imidazole rings is 1. The Morgan fingerprint density at radius 3 is 2.59 bits per heavy atom. The van der Waals surface area contributed by atoms with Crippen molar-refractivity contribution in [2.75, 3.05) is 37.6 Å². The molecule has 2 aromatic rings. The van der Waals surface area contributed by atoms with Crippen molar-refractivity contribution in [3.05, 3.63) is 31.0 Å². The maximum absolute atomic E-state index is 12.9. The molecule has 2 aromatic heterocycles. The van der Waals surface area contributed by atoms with Crippen molar-refractivity contribution in [1.82, 2.24) is 29.3 Å². The first-order chi connectivity index (χ1) is 14.1. The van der Waals surface area contributed by atoms with E-state index in [4.69, 9.17) is 5.11 Å². The number of amides is 2. The predicted octanol–water partition coefficient (Wildman–Crippen LogP) is 1.23. The van der Waals surface area contributed by atoms with Crippen molar-refractivity contribution in [3.63, 3.8) is 0 Å². The Kier molecular flexibility index (Phi) is 5.59. The summed E-state index contributed by atoms with van der Waals surface area (Å²) in [5, 5.41) is 9.07. The molecule has 2 amide bonds. The molecule has 2 aliphatic rings.